The first-order valence-corrected chi connectivity index (χ1v) is 9.82. The fourth-order valence-corrected chi connectivity index (χ4v) is 3.41. The summed E-state index contributed by atoms with van der Waals surface area (Å²) in [6.45, 7) is 10.3. The van der Waals surface area contributed by atoms with Gasteiger partial charge in [-0.1, -0.05) is 75.9 Å². The molecule has 0 saturated heterocycles. The summed E-state index contributed by atoms with van der Waals surface area (Å²) in [6, 6.07) is 18.7. The van der Waals surface area contributed by atoms with Crippen molar-refractivity contribution in [1.29, 1.82) is 0 Å². The van der Waals surface area contributed by atoms with E-state index >= 15 is 0 Å². The maximum absolute atomic E-state index is 6.45. The monoisotopic (exact) mass is 383 g/mol. The number of nitrogens with zero attached hydrogens (tertiary/aromatic N) is 1. The summed E-state index contributed by atoms with van der Waals surface area (Å²) in [5.41, 5.74) is 20.2. The second kappa shape index (κ2) is 8.36. The second-order valence-electron chi connectivity index (χ2n) is 8.24. The zero-order valence-corrected chi connectivity index (χ0v) is 17.4. The van der Waals surface area contributed by atoms with Crippen LogP contribution in [0, 0.1) is 0 Å². The Morgan fingerprint density at radius 2 is 1.72 bits per heavy atom. The molecule has 0 radical (unpaired) electrons. The molecule has 0 aliphatic rings. The van der Waals surface area contributed by atoms with Gasteiger partial charge in [-0.15, -0.1) is 0 Å². The van der Waals surface area contributed by atoms with E-state index in [1.807, 2.05) is 24.3 Å². The number of hydrogen-bond acceptors (Lipinski definition) is 3. The number of anilines is 1. The maximum atomic E-state index is 6.45. The Bertz CT molecular complexity index is 1040. The van der Waals surface area contributed by atoms with E-state index in [-0.39, 0.29) is 5.41 Å². The maximum Gasteiger partial charge on any atom is 0.0726 e. The molecular weight excluding hydrogens is 354 g/mol. The molecule has 148 valence electrons. The van der Waals surface area contributed by atoms with E-state index < -0.39 is 0 Å². The highest BCUT2D eigenvalue weighted by atomic mass is 14.7. The van der Waals surface area contributed by atoms with Gasteiger partial charge in [0, 0.05) is 27.9 Å². The van der Waals surface area contributed by atoms with E-state index in [2.05, 4.69) is 69.8 Å². The van der Waals surface area contributed by atoms with E-state index in [1.54, 1.807) is 0 Å². The van der Waals surface area contributed by atoms with Gasteiger partial charge in [-0.05, 0) is 47.5 Å². The summed E-state index contributed by atoms with van der Waals surface area (Å²) in [4.78, 5) is 4.89. The van der Waals surface area contributed by atoms with Crippen LogP contribution in [0.5, 0.6) is 0 Å². The van der Waals surface area contributed by atoms with Gasteiger partial charge in [0.1, 0.15) is 0 Å². The Kier molecular flexibility index (Phi) is 5.88. The summed E-state index contributed by atoms with van der Waals surface area (Å²) < 4.78 is 0. The van der Waals surface area contributed by atoms with Crippen molar-refractivity contribution in [3.8, 4) is 11.1 Å². The average molecular weight is 384 g/mol. The number of nitrogens with two attached hydrogens (primary N) is 2. The van der Waals surface area contributed by atoms with Gasteiger partial charge in [0.2, 0.25) is 0 Å². The third-order valence-corrected chi connectivity index (χ3v) is 5.01. The van der Waals surface area contributed by atoms with Gasteiger partial charge in [-0.2, -0.15) is 0 Å². The fraction of sp³-hybridized carbons (Fsp3) is 0.192. The van der Waals surface area contributed by atoms with Crippen LogP contribution in [0.3, 0.4) is 0 Å². The van der Waals surface area contributed by atoms with Crippen molar-refractivity contribution in [2.45, 2.75) is 32.6 Å². The summed E-state index contributed by atoms with van der Waals surface area (Å²) in [5, 5.41) is 0. The van der Waals surface area contributed by atoms with Crippen LogP contribution in [0.2, 0.25) is 0 Å². The molecule has 0 fully saturated rings. The van der Waals surface area contributed by atoms with Gasteiger partial charge in [0.15, 0.2) is 0 Å². The molecule has 0 spiro atoms. The van der Waals surface area contributed by atoms with Gasteiger partial charge in [0.05, 0.1) is 5.69 Å². The lowest BCUT2D eigenvalue weighted by atomic mass is 9.88. The van der Waals surface area contributed by atoms with Crippen LogP contribution in [0.25, 0.3) is 23.3 Å². The first kappa shape index (κ1) is 20.4. The molecule has 0 saturated carbocycles. The van der Waals surface area contributed by atoms with Crippen molar-refractivity contribution in [3.63, 3.8) is 0 Å². The minimum absolute atomic E-state index is 0.0479. The molecular formula is C26H29N3. The number of pyridine rings is 1. The van der Waals surface area contributed by atoms with Gasteiger partial charge >= 0.3 is 0 Å². The molecule has 3 nitrogen and oxygen atoms in total. The van der Waals surface area contributed by atoms with E-state index in [0.29, 0.717) is 0 Å². The predicted octanol–water partition coefficient (Wildman–Crippen LogP) is 5.79. The number of benzene rings is 2. The van der Waals surface area contributed by atoms with E-state index in [0.717, 1.165) is 45.7 Å². The number of rotatable bonds is 5. The molecule has 0 aliphatic heterocycles. The first-order valence-electron chi connectivity index (χ1n) is 9.82. The summed E-state index contributed by atoms with van der Waals surface area (Å²) >= 11 is 0. The Hall–Kier alpha value is -3.33. The Morgan fingerprint density at radius 3 is 2.34 bits per heavy atom. The van der Waals surface area contributed by atoms with Gasteiger partial charge in [-0.25, -0.2) is 0 Å². The van der Waals surface area contributed by atoms with E-state index in [4.69, 9.17) is 16.5 Å². The molecule has 0 amide bonds. The van der Waals surface area contributed by atoms with Crippen molar-refractivity contribution >= 4 is 17.8 Å². The highest BCUT2D eigenvalue weighted by molar-refractivity contribution is 5.84. The Morgan fingerprint density at radius 1 is 1.00 bits per heavy atom. The van der Waals surface area contributed by atoms with Crippen LogP contribution in [-0.2, 0) is 11.8 Å². The molecule has 0 aliphatic carbocycles. The third kappa shape index (κ3) is 4.57. The van der Waals surface area contributed by atoms with Crippen LogP contribution in [0.4, 0.5) is 5.69 Å². The van der Waals surface area contributed by atoms with Crippen LogP contribution >= 0.6 is 0 Å². The second-order valence-corrected chi connectivity index (χ2v) is 8.24. The van der Waals surface area contributed by atoms with Crippen LogP contribution in [0.1, 0.15) is 48.8 Å². The van der Waals surface area contributed by atoms with Gasteiger partial charge in [0.25, 0.3) is 0 Å². The molecule has 3 rings (SSSR count). The van der Waals surface area contributed by atoms with Crippen molar-refractivity contribution in [2.24, 2.45) is 5.73 Å². The van der Waals surface area contributed by atoms with Gasteiger partial charge < -0.3 is 11.5 Å². The number of aromatic nitrogens is 1. The van der Waals surface area contributed by atoms with Crippen LogP contribution in [0.15, 0.2) is 67.4 Å². The molecule has 4 N–H and O–H groups in total. The first-order chi connectivity index (χ1) is 13.8. The SMILES string of the molecule is C=Cc1ccc(Cc2cccc(N)c2-c2ccc(C(C)(C)C)nc2/C=C\N)cc1. The minimum Gasteiger partial charge on any atom is -0.405 e. The zero-order chi connectivity index (χ0) is 21.0. The predicted molar refractivity (Wildman–Crippen MR) is 125 cm³/mol. The largest absolute Gasteiger partial charge is 0.405 e. The lowest BCUT2D eigenvalue weighted by Gasteiger charge is -2.21. The van der Waals surface area contributed by atoms with Crippen molar-refractivity contribution in [3.05, 3.63) is 95.5 Å². The lowest BCUT2D eigenvalue weighted by Crippen LogP contribution is -2.14. The van der Waals surface area contributed by atoms with Crippen molar-refractivity contribution in [2.75, 3.05) is 5.73 Å². The topological polar surface area (TPSA) is 64.9 Å². The standard InChI is InChI=1S/C26H29N3/c1-5-18-9-11-19(12-10-18)17-20-7-6-8-22(28)25(20)21-13-14-24(26(2,3)4)29-23(21)15-16-27/h5-16H,1,17,27-28H2,2-4H3/b16-15-. The highest BCUT2D eigenvalue weighted by Gasteiger charge is 2.19. The molecule has 0 unspecified atom stereocenters. The molecule has 1 aromatic heterocycles. The highest BCUT2D eigenvalue weighted by Crippen LogP contribution is 2.35. The summed E-state index contributed by atoms with van der Waals surface area (Å²) in [7, 11) is 0. The third-order valence-electron chi connectivity index (χ3n) is 5.01. The number of nitrogen functional groups attached to an aromatic ring is 1. The average Bonchev–Trinajstić information content (AvgIpc) is 2.69. The summed E-state index contributed by atoms with van der Waals surface area (Å²) in [6.07, 6.45) is 6.01. The van der Waals surface area contributed by atoms with E-state index in [9.17, 15) is 0 Å². The van der Waals surface area contributed by atoms with Crippen LogP contribution in [-0.4, -0.2) is 4.98 Å². The molecule has 2 aromatic carbocycles. The minimum atomic E-state index is -0.0479. The van der Waals surface area contributed by atoms with Crippen LogP contribution < -0.4 is 11.5 Å². The zero-order valence-electron chi connectivity index (χ0n) is 17.4. The summed E-state index contributed by atoms with van der Waals surface area (Å²) in [5.74, 6) is 0. The molecule has 0 atom stereocenters. The number of hydrogen-bond donors (Lipinski definition) is 2. The normalized spacial score (nSPS) is 11.7. The van der Waals surface area contributed by atoms with E-state index in [1.165, 1.54) is 11.8 Å². The molecule has 0 bridgehead atoms. The molecule has 3 heteroatoms. The Balaban J connectivity index is 2.12. The van der Waals surface area contributed by atoms with Crippen molar-refractivity contribution in [1.82, 2.24) is 4.98 Å². The smallest absolute Gasteiger partial charge is 0.0726 e. The lowest BCUT2D eigenvalue weighted by molar-refractivity contribution is 0.568. The Labute approximate surface area is 173 Å². The quantitative estimate of drug-likeness (QED) is 0.548. The fourth-order valence-electron chi connectivity index (χ4n) is 3.41. The molecule has 1 heterocycles. The molecule has 29 heavy (non-hydrogen) atoms. The molecule has 3 aromatic rings. The van der Waals surface area contributed by atoms with Crippen molar-refractivity contribution < 1.29 is 0 Å². The van der Waals surface area contributed by atoms with Gasteiger partial charge in [-0.3, -0.25) is 4.98 Å².